The molecule has 0 aliphatic carbocycles. The Hall–Kier alpha value is -1.62. The Labute approximate surface area is 129 Å². The second-order valence-electron chi connectivity index (χ2n) is 4.34. The van der Waals surface area contributed by atoms with E-state index in [-0.39, 0.29) is 13.8 Å². The molecule has 0 nitrogen and oxygen atoms in total. The van der Waals surface area contributed by atoms with E-state index in [2.05, 4.69) is 91.0 Å². The fourth-order valence-corrected chi connectivity index (χ4v) is 4.48. The van der Waals surface area contributed by atoms with Crippen molar-refractivity contribution in [2.45, 2.75) is 0 Å². The van der Waals surface area contributed by atoms with Gasteiger partial charge in [-0.15, -0.1) is 12.4 Å². The second-order valence-corrected chi connectivity index (χ2v) is 6.56. The molecule has 3 rings (SSSR count). The highest BCUT2D eigenvalue weighted by Gasteiger charge is 2.14. The lowest BCUT2D eigenvalue weighted by molar-refractivity contribution is 1.74. The molecule has 0 amide bonds. The fraction of sp³-hybridized carbons (Fsp3) is 0. The average molecular weight is 301 g/mol. The molecule has 0 heterocycles. The summed E-state index contributed by atoms with van der Waals surface area (Å²) in [5, 5.41) is 4.19. The topological polar surface area (TPSA) is 0 Å². The number of hydrogen-bond donors (Lipinski definition) is 0. The van der Waals surface area contributed by atoms with Crippen molar-refractivity contribution in [2.24, 2.45) is 0 Å². The van der Waals surface area contributed by atoms with E-state index < -0.39 is 7.92 Å². The maximum Gasteiger partial charge on any atom is 0 e. The van der Waals surface area contributed by atoms with E-state index in [4.69, 9.17) is 0 Å². The summed E-state index contributed by atoms with van der Waals surface area (Å²) < 4.78 is 0. The van der Waals surface area contributed by atoms with Crippen LogP contribution in [0.2, 0.25) is 0 Å². The first-order valence-corrected chi connectivity index (χ1v) is 7.74. The van der Waals surface area contributed by atoms with Crippen LogP contribution in [0.1, 0.15) is 1.43 Å². The quantitative estimate of drug-likeness (QED) is 0.639. The van der Waals surface area contributed by atoms with Crippen molar-refractivity contribution in [3.63, 3.8) is 0 Å². The summed E-state index contributed by atoms with van der Waals surface area (Å²) in [6.07, 6.45) is 0. The number of halogens is 1. The third-order valence-corrected chi connectivity index (χ3v) is 5.49. The van der Waals surface area contributed by atoms with Crippen LogP contribution in [-0.2, 0) is 0 Å². The molecule has 0 saturated carbocycles. The monoisotopic (exact) mass is 300 g/mol. The first-order chi connectivity index (χ1) is 9.45. The smallest absolute Gasteiger partial charge is 0 e. The van der Waals surface area contributed by atoms with Crippen molar-refractivity contribution < 1.29 is 1.43 Å². The van der Waals surface area contributed by atoms with Crippen LogP contribution in [0.15, 0.2) is 91.0 Å². The molecule has 0 aliphatic rings. The zero-order chi connectivity index (χ0) is 12.9. The minimum absolute atomic E-state index is 0. The summed E-state index contributed by atoms with van der Waals surface area (Å²) in [4.78, 5) is 0. The molecule has 0 unspecified atom stereocenters. The van der Waals surface area contributed by atoms with Gasteiger partial charge in [-0.05, 0) is 23.8 Å². The summed E-state index contributed by atoms with van der Waals surface area (Å²) in [5.74, 6) is 0. The molecule has 0 saturated heterocycles. The zero-order valence-electron chi connectivity index (χ0n) is 11.0. The molecular weight excluding hydrogens is 283 g/mol. The van der Waals surface area contributed by atoms with Crippen molar-refractivity contribution in [2.75, 3.05) is 0 Å². The standard InChI is InChI=1S/C18H15P.ClH.H2/c1-4-10-16(11-5-1)19(17-12-6-2-7-13-17)18-14-8-3-9-15-18;;/h1-15H;2*1H. The van der Waals surface area contributed by atoms with Crippen LogP contribution >= 0.6 is 20.3 Å². The van der Waals surface area contributed by atoms with Gasteiger partial charge in [-0.25, -0.2) is 0 Å². The number of hydrogen-bond acceptors (Lipinski definition) is 0. The van der Waals surface area contributed by atoms with Crippen molar-refractivity contribution in [1.29, 1.82) is 0 Å². The van der Waals surface area contributed by atoms with Gasteiger partial charge in [0.2, 0.25) is 0 Å². The molecule has 0 atom stereocenters. The van der Waals surface area contributed by atoms with Crippen molar-refractivity contribution in [1.82, 2.24) is 0 Å². The maximum atomic E-state index is 2.23. The summed E-state index contributed by atoms with van der Waals surface area (Å²) in [6, 6.07) is 32.3. The second kappa shape index (κ2) is 7.24. The van der Waals surface area contributed by atoms with E-state index in [0.717, 1.165) is 0 Å². The minimum atomic E-state index is -0.446. The van der Waals surface area contributed by atoms with Gasteiger partial charge in [-0.3, -0.25) is 0 Å². The van der Waals surface area contributed by atoms with Gasteiger partial charge in [0.05, 0.1) is 0 Å². The van der Waals surface area contributed by atoms with Crippen LogP contribution in [0.4, 0.5) is 0 Å². The van der Waals surface area contributed by atoms with Crippen molar-refractivity contribution >= 4 is 36.2 Å². The van der Waals surface area contributed by atoms with Crippen LogP contribution in [0, 0.1) is 0 Å². The maximum absolute atomic E-state index is 2.23. The summed E-state index contributed by atoms with van der Waals surface area (Å²) in [5.41, 5.74) is 0. The van der Waals surface area contributed by atoms with E-state index in [1.54, 1.807) is 0 Å². The Kier molecular flexibility index (Phi) is 5.35. The van der Waals surface area contributed by atoms with E-state index >= 15 is 0 Å². The molecule has 0 radical (unpaired) electrons. The lowest BCUT2D eigenvalue weighted by Crippen LogP contribution is -2.20. The van der Waals surface area contributed by atoms with Gasteiger partial charge in [-0.1, -0.05) is 91.0 Å². The largest absolute Gasteiger partial charge is 0.147 e. The highest BCUT2D eigenvalue weighted by molar-refractivity contribution is 7.79. The lowest BCUT2D eigenvalue weighted by Gasteiger charge is -2.18. The van der Waals surface area contributed by atoms with Gasteiger partial charge >= 0.3 is 0 Å². The van der Waals surface area contributed by atoms with Gasteiger partial charge in [-0.2, -0.15) is 0 Å². The first-order valence-electron chi connectivity index (χ1n) is 6.40. The SMILES string of the molecule is Cl.[HH].c1ccc(P(c2ccccc2)c2ccccc2)cc1. The fourth-order valence-electron chi connectivity index (χ4n) is 2.18. The van der Waals surface area contributed by atoms with Gasteiger partial charge < -0.3 is 0 Å². The van der Waals surface area contributed by atoms with Crippen LogP contribution in [0.5, 0.6) is 0 Å². The van der Waals surface area contributed by atoms with Gasteiger partial charge in [0, 0.05) is 1.43 Å². The van der Waals surface area contributed by atoms with E-state index in [9.17, 15) is 0 Å². The molecule has 0 bridgehead atoms. The summed E-state index contributed by atoms with van der Waals surface area (Å²) in [7, 11) is -0.446. The highest BCUT2D eigenvalue weighted by Crippen LogP contribution is 2.32. The summed E-state index contributed by atoms with van der Waals surface area (Å²) in [6.45, 7) is 0. The molecule has 0 fully saturated rings. The molecule has 0 aromatic heterocycles. The van der Waals surface area contributed by atoms with Crippen molar-refractivity contribution in [3.8, 4) is 0 Å². The Morgan fingerprint density at radius 1 is 0.450 bits per heavy atom. The zero-order valence-corrected chi connectivity index (χ0v) is 12.7. The van der Waals surface area contributed by atoms with Gasteiger partial charge in [0.15, 0.2) is 0 Å². The van der Waals surface area contributed by atoms with Crippen LogP contribution in [0.3, 0.4) is 0 Å². The minimum Gasteiger partial charge on any atom is -0.147 e. The Balaban J connectivity index is 0.00000110. The molecule has 0 aliphatic heterocycles. The lowest BCUT2D eigenvalue weighted by atomic mass is 10.4. The van der Waals surface area contributed by atoms with Crippen molar-refractivity contribution in [3.05, 3.63) is 91.0 Å². The molecule has 20 heavy (non-hydrogen) atoms. The van der Waals surface area contributed by atoms with E-state index in [1.165, 1.54) is 15.9 Å². The highest BCUT2D eigenvalue weighted by atomic mass is 35.5. The molecule has 2 heteroatoms. The molecule has 0 spiro atoms. The predicted molar refractivity (Wildman–Crippen MR) is 94.5 cm³/mol. The van der Waals surface area contributed by atoms with E-state index in [0.29, 0.717) is 0 Å². The van der Waals surface area contributed by atoms with Gasteiger partial charge in [0.25, 0.3) is 0 Å². The number of rotatable bonds is 3. The normalized spacial score (nSPS) is 10.1. The number of benzene rings is 3. The third-order valence-electron chi connectivity index (χ3n) is 3.04. The molecule has 0 N–H and O–H groups in total. The van der Waals surface area contributed by atoms with Gasteiger partial charge in [0.1, 0.15) is 0 Å². The average Bonchev–Trinajstić information content (AvgIpc) is 2.51. The summed E-state index contributed by atoms with van der Waals surface area (Å²) >= 11 is 0. The first kappa shape index (κ1) is 14.8. The molecule has 102 valence electrons. The van der Waals surface area contributed by atoms with Crippen LogP contribution < -0.4 is 15.9 Å². The molecule has 3 aromatic carbocycles. The Morgan fingerprint density at radius 3 is 0.950 bits per heavy atom. The van der Waals surface area contributed by atoms with Crippen LogP contribution in [0.25, 0.3) is 0 Å². The Bertz CT molecular complexity index is 535. The van der Waals surface area contributed by atoms with E-state index in [1.807, 2.05) is 0 Å². The molecule has 3 aromatic rings. The third kappa shape index (κ3) is 3.28. The predicted octanol–water partition coefficient (Wildman–Crippen LogP) is 4.11. The molecular formula is C18H18ClP. The Morgan fingerprint density at radius 2 is 0.700 bits per heavy atom. The van der Waals surface area contributed by atoms with Crippen LogP contribution in [-0.4, -0.2) is 0 Å².